The van der Waals surface area contributed by atoms with Gasteiger partial charge in [0.05, 0.1) is 5.56 Å². The Bertz CT molecular complexity index is 639. The van der Waals surface area contributed by atoms with E-state index in [-0.39, 0.29) is 5.56 Å². The number of rotatable bonds is 2. The van der Waals surface area contributed by atoms with Crippen LogP contribution in [0.25, 0.3) is 0 Å². The maximum atomic E-state index is 13.0. The predicted octanol–water partition coefficient (Wildman–Crippen LogP) is 2.74. The van der Waals surface area contributed by atoms with Crippen LogP contribution in [0, 0.1) is 5.41 Å². The highest BCUT2D eigenvalue weighted by atomic mass is 19.4. The van der Waals surface area contributed by atoms with Crippen molar-refractivity contribution in [1.82, 2.24) is 9.88 Å². The molecule has 0 radical (unpaired) electrons. The zero-order chi connectivity index (χ0) is 18.3. The molecule has 1 N–H and O–H groups in total. The van der Waals surface area contributed by atoms with Gasteiger partial charge in [-0.25, -0.2) is 9.78 Å². The fraction of sp³-hybridized carbons (Fsp3) is 0.462. The van der Waals surface area contributed by atoms with Crippen LogP contribution in [-0.4, -0.2) is 52.3 Å². The topological polar surface area (TPSA) is 70.5 Å². The van der Waals surface area contributed by atoms with Gasteiger partial charge in [0, 0.05) is 19.3 Å². The molecule has 1 aromatic rings. The lowest BCUT2D eigenvalue weighted by Crippen LogP contribution is -2.52. The summed E-state index contributed by atoms with van der Waals surface area (Å²) in [6.45, 7) is -2.27. The number of aromatic nitrogens is 1. The summed E-state index contributed by atoms with van der Waals surface area (Å²) in [5, 5.41) is 8.67. The van der Waals surface area contributed by atoms with Gasteiger partial charge in [-0.1, -0.05) is 0 Å². The van der Waals surface area contributed by atoms with Crippen LogP contribution in [0.5, 0.6) is 0 Å². The number of amides is 1. The van der Waals surface area contributed by atoms with Crippen molar-refractivity contribution in [1.29, 1.82) is 0 Å². The highest BCUT2D eigenvalue weighted by Gasteiger charge is 2.72. The van der Waals surface area contributed by atoms with Gasteiger partial charge < -0.3 is 10.0 Å². The minimum Gasteiger partial charge on any atom is -0.477 e. The highest BCUT2D eigenvalue weighted by molar-refractivity contribution is 5.95. The quantitative estimate of drug-likeness (QED) is 0.828. The van der Waals surface area contributed by atoms with Crippen LogP contribution in [0.4, 0.5) is 26.3 Å². The number of nitrogens with zero attached hydrogens (tertiary/aromatic N) is 2. The van der Waals surface area contributed by atoms with Gasteiger partial charge in [0.2, 0.25) is 0 Å². The SMILES string of the molecule is O=C(O)c1ccc(C(=O)N2CCC(C(F)(F)F)(C(F)(F)F)C2)cn1. The van der Waals surface area contributed by atoms with E-state index >= 15 is 0 Å². The normalized spacial score (nSPS) is 17.8. The molecule has 0 saturated carbocycles. The van der Waals surface area contributed by atoms with E-state index in [0.717, 1.165) is 18.3 Å². The van der Waals surface area contributed by atoms with Gasteiger partial charge in [0.1, 0.15) is 5.69 Å². The van der Waals surface area contributed by atoms with Crippen LogP contribution in [0.1, 0.15) is 27.3 Å². The van der Waals surface area contributed by atoms with E-state index in [1.807, 2.05) is 0 Å². The van der Waals surface area contributed by atoms with Gasteiger partial charge in [-0.15, -0.1) is 0 Å². The standard InChI is InChI=1S/C13H10F6N2O3/c14-12(15,16)11(13(17,18)19)3-4-21(6-11)9(22)7-1-2-8(10(23)24)20-5-7/h1-2,5H,3-4,6H2,(H,23,24). The van der Waals surface area contributed by atoms with Gasteiger partial charge in [0.15, 0.2) is 5.41 Å². The van der Waals surface area contributed by atoms with Crippen molar-refractivity contribution in [3.05, 3.63) is 29.6 Å². The Labute approximate surface area is 130 Å². The predicted molar refractivity (Wildman–Crippen MR) is 66.3 cm³/mol. The van der Waals surface area contributed by atoms with E-state index in [2.05, 4.69) is 4.98 Å². The molecular formula is C13H10F6N2O3. The van der Waals surface area contributed by atoms with E-state index in [0.29, 0.717) is 4.90 Å². The molecule has 11 heteroatoms. The molecule has 2 heterocycles. The van der Waals surface area contributed by atoms with Crippen LogP contribution in [-0.2, 0) is 0 Å². The number of carboxylic acid groups (broad SMARTS) is 1. The second kappa shape index (κ2) is 5.64. The lowest BCUT2D eigenvalue weighted by molar-refractivity contribution is -0.334. The molecule has 0 atom stereocenters. The molecule has 0 aromatic carbocycles. The zero-order valence-electron chi connectivity index (χ0n) is 11.8. The summed E-state index contributed by atoms with van der Waals surface area (Å²) in [4.78, 5) is 26.6. The molecule has 1 aliphatic heterocycles. The zero-order valence-corrected chi connectivity index (χ0v) is 11.8. The Hall–Kier alpha value is -2.33. The first kappa shape index (κ1) is 18.0. The van der Waals surface area contributed by atoms with E-state index in [1.54, 1.807) is 0 Å². The number of pyridine rings is 1. The molecule has 0 bridgehead atoms. The maximum absolute atomic E-state index is 13.0. The third kappa shape index (κ3) is 2.89. The summed E-state index contributed by atoms with van der Waals surface area (Å²) < 4.78 is 77.7. The number of hydrogen-bond donors (Lipinski definition) is 1. The van der Waals surface area contributed by atoms with Gasteiger partial charge in [-0.3, -0.25) is 4.79 Å². The van der Waals surface area contributed by atoms with Crippen molar-refractivity contribution in [3.8, 4) is 0 Å². The fourth-order valence-electron chi connectivity index (χ4n) is 2.44. The molecule has 0 unspecified atom stereocenters. The molecule has 1 aromatic heterocycles. The molecular weight excluding hydrogens is 346 g/mol. The van der Waals surface area contributed by atoms with Crippen molar-refractivity contribution in [3.63, 3.8) is 0 Å². The molecule has 24 heavy (non-hydrogen) atoms. The Balaban J connectivity index is 2.26. The molecule has 1 saturated heterocycles. The second-order valence-corrected chi connectivity index (χ2v) is 5.29. The lowest BCUT2D eigenvalue weighted by Gasteiger charge is -2.33. The van der Waals surface area contributed by atoms with Crippen molar-refractivity contribution in [2.75, 3.05) is 13.1 Å². The smallest absolute Gasteiger partial charge is 0.404 e. The summed E-state index contributed by atoms with van der Waals surface area (Å²) in [5.41, 5.74) is -4.67. The van der Waals surface area contributed by atoms with Gasteiger partial charge >= 0.3 is 18.3 Å². The molecule has 1 fully saturated rings. The molecule has 0 spiro atoms. The first-order valence-corrected chi connectivity index (χ1v) is 6.51. The fourth-order valence-corrected chi connectivity index (χ4v) is 2.44. The largest absolute Gasteiger partial charge is 0.477 e. The molecule has 132 valence electrons. The Kier molecular flexibility index (Phi) is 4.23. The summed E-state index contributed by atoms with van der Waals surface area (Å²) in [6.07, 6.45) is -11.6. The minimum absolute atomic E-state index is 0.292. The van der Waals surface area contributed by atoms with Crippen LogP contribution < -0.4 is 0 Å². The first-order valence-electron chi connectivity index (χ1n) is 6.51. The van der Waals surface area contributed by atoms with Gasteiger partial charge in [-0.2, -0.15) is 26.3 Å². The molecule has 0 aliphatic carbocycles. The van der Waals surface area contributed by atoms with Crippen LogP contribution in [0.2, 0.25) is 0 Å². The average Bonchev–Trinajstić information content (AvgIpc) is 2.92. The van der Waals surface area contributed by atoms with E-state index in [1.165, 1.54) is 0 Å². The van der Waals surface area contributed by atoms with E-state index < -0.39 is 54.8 Å². The van der Waals surface area contributed by atoms with Crippen LogP contribution in [0.3, 0.4) is 0 Å². The highest BCUT2D eigenvalue weighted by Crippen LogP contribution is 2.55. The van der Waals surface area contributed by atoms with Crippen LogP contribution >= 0.6 is 0 Å². The van der Waals surface area contributed by atoms with E-state index in [4.69, 9.17) is 5.11 Å². The molecule has 5 nitrogen and oxygen atoms in total. The minimum atomic E-state index is -5.55. The summed E-state index contributed by atoms with van der Waals surface area (Å²) in [6, 6.07) is 1.92. The van der Waals surface area contributed by atoms with Gasteiger partial charge in [-0.05, 0) is 18.6 Å². The third-order valence-corrected chi connectivity index (χ3v) is 3.87. The number of likely N-dealkylation sites (tertiary alicyclic amines) is 1. The number of hydrogen-bond acceptors (Lipinski definition) is 3. The van der Waals surface area contributed by atoms with Crippen LogP contribution in [0.15, 0.2) is 18.3 Å². The first-order chi connectivity index (χ1) is 10.9. The Morgan fingerprint density at radius 3 is 2.08 bits per heavy atom. The second-order valence-electron chi connectivity index (χ2n) is 5.29. The molecule has 1 amide bonds. The lowest BCUT2D eigenvalue weighted by atomic mass is 9.85. The number of aromatic carboxylic acids is 1. The monoisotopic (exact) mass is 356 g/mol. The summed E-state index contributed by atoms with van der Waals surface area (Å²) in [7, 11) is 0. The number of carboxylic acids is 1. The molecule has 1 aliphatic rings. The van der Waals surface area contributed by atoms with Crippen molar-refractivity contribution in [2.24, 2.45) is 5.41 Å². The van der Waals surface area contributed by atoms with Crippen molar-refractivity contribution in [2.45, 2.75) is 18.8 Å². The van der Waals surface area contributed by atoms with Gasteiger partial charge in [0.25, 0.3) is 5.91 Å². The Morgan fingerprint density at radius 1 is 1.12 bits per heavy atom. The summed E-state index contributed by atoms with van der Waals surface area (Å²) >= 11 is 0. The number of halogens is 6. The molecule has 2 rings (SSSR count). The third-order valence-electron chi connectivity index (χ3n) is 3.87. The number of carbonyl (C=O) groups excluding carboxylic acids is 1. The Morgan fingerprint density at radius 2 is 1.71 bits per heavy atom. The van der Waals surface area contributed by atoms with Crippen molar-refractivity contribution >= 4 is 11.9 Å². The number of alkyl halides is 6. The summed E-state index contributed by atoms with van der Waals surface area (Å²) in [5.74, 6) is -2.46. The van der Waals surface area contributed by atoms with E-state index in [9.17, 15) is 35.9 Å². The number of carbonyl (C=O) groups is 2. The average molecular weight is 356 g/mol. The van der Waals surface area contributed by atoms with Crippen molar-refractivity contribution < 1.29 is 41.0 Å². The maximum Gasteiger partial charge on any atom is 0.404 e.